The third kappa shape index (κ3) is 4.56. The van der Waals surface area contributed by atoms with Gasteiger partial charge in [0.1, 0.15) is 12.1 Å². The predicted octanol–water partition coefficient (Wildman–Crippen LogP) is 3.50. The molecule has 1 aliphatic heterocycles. The number of aromatic nitrogens is 2. The molecule has 0 saturated carbocycles. The molecular weight excluding hydrogens is 416 g/mol. The van der Waals surface area contributed by atoms with Gasteiger partial charge >= 0.3 is 12.0 Å². The molecule has 2 atom stereocenters. The molecule has 1 unspecified atom stereocenters. The summed E-state index contributed by atoms with van der Waals surface area (Å²) in [6, 6.07) is 15.3. The molecule has 3 aromatic rings. The highest BCUT2D eigenvalue weighted by molar-refractivity contribution is 6.30. The van der Waals surface area contributed by atoms with Crippen molar-refractivity contribution >= 4 is 23.6 Å². The van der Waals surface area contributed by atoms with Crippen LogP contribution in [0.2, 0.25) is 5.02 Å². The Kier molecular flexibility index (Phi) is 6.23. The van der Waals surface area contributed by atoms with Crippen LogP contribution in [-0.4, -0.2) is 46.6 Å². The molecule has 0 fully saturated rings. The molecule has 2 aromatic carbocycles. The lowest BCUT2D eigenvalue weighted by Crippen LogP contribution is -2.52. The number of hydrogen-bond acceptors (Lipinski definition) is 4. The number of aromatic amines is 1. The van der Waals surface area contributed by atoms with E-state index in [-0.39, 0.29) is 12.1 Å². The second-order valence-corrected chi connectivity index (χ2v) is 7.82. The standard InChI is InChI=1S/C23H23ClN4O3/c1-31-22(29)19(13-15-5-3-2-4-6-15)27-23(30)28-12-11-18-20(26-14-25-18)21(28)16-7-9-17(24)10-8-16/h2-10,14,19,21H,11-13H2,1H3,(H,25,26)(H,27,30)/t19-,21?/m0/s1. The zero-order valence-corrected chi connectivity index (χ0v) is 17.8. The highest BCUT2D eigenvalue weighted by Gasteiger charge is 2.35. The summed E-state index contributed by atoms with van der Waals surface area (Å²) in [5, 5.41) is 3.49. The van der Waals surface area contributed by atoms with Gasteiger partial charge in [0.05, 0.1) is 19.1 Å². The van der Waals surface area contributed by atoms with Gasteiger partial charge in [-0.15, -0.1) is 0 Å². The van der Waals surface area contributed by atoms with E-state index in [0.717, 1.165) is 22.5 Å². The molecule has 1 aliphatic rings. The largest absolute Gasteiger partial charge is 0.467 e. The van der Waals surface area contributed by atoms with Crippen molar-refractivity contribution in [1.29, 1.82) is 0 Å². The number of esters is 1. The molecule has 4 rings (SSSR count). The molecule has 7 nitrogen and oxygen atoms in total. The number of benzene rings is 2. The van der Waals surface area contributed by atoms with Crippen molar-refractivity contribution in [1.82, 2.24) is 20.2 Å². The van der Waals surface area contributed by atoms with E-state index < -0.39 is 12.0 Å². The van der Waals surface area contributed by atoms with Gasteiger partial charge in [0.15, 0.2) is 0 Å². The van der Waals surface area contributed by atoms with Gasteiger partial charge in [-0.1, -0.05) is 54.1 Å². The van der Waals surface area contributed by atoms with Gasteiger partial charge < -0.3 is 19.9 Å². The molecule has 31 heavy (non-hydrogen) atoms. The Bertz CT molecular complexity index is 1050. The van der Waals surface area contributed by atoms with Crippen LogP contribution < -0.4 is 5.32 Å². The first-order chi connectivity index (χ1) is 15.1. The van der Waals surface area contributed by atoms with Gasteiger partial charge in [0, 0.05) is 30.1 Å². The minimum atomic E-state index is -0.800. The van der Waals surface area contributed by atoms with E-state index in [1.54, 1.807) is 23.4 Å². The topological polar surface area (TPSA) is 87.3 Å². The Morgan fingerprint density at radius 2 is 1.97 bits per heavy atom. The molecule has 160 valence electrons. The lowest BCUT2D eigenvalue weighted by molar-refractivity contribution is -0.142. The maximum Gasteiger partial charge on any atom is 0.328 e. The zero-order chi connectivity index (χ0) is 21.8. The Morgan fingerprint density at radius 3 is 2.68 bits per heavy atom. The van der Waals surface area contributed by atoms with E-state index in [9.17, 15) is 9.59 Å². The molecule has 0 bridgehead atoms. The number of carbonyl (C=O) groups excluding carboxylic acids is 2. The van der Waals surface area contributed by atoms with Gasteiger partial charge in [-0.3, -0.25) is 0 Å². The monoisotopic (exact) mass is 438 g/mol. The molecular formula is C23H23ClN4O3. The smallest absolute Gasteiger partial charge is 0.328 e. The minimum Gasteiger partial charge on any atom is -0.467 e. The van der Waals surface area contributed by atoms with Crippen molar-refractivity contribution in [2.24, 2.45) is 0 Å². The molecule has 0 spiro atoms. The van der Waals surface area contributed by atoms with Crippen LogP contribution in [0, 0.1) is 0 Å². The Hall–Kier alpha value is -3.32. The van der Waals surface area contributed by atoms with E-state index in [2.05, 4.69) is 15.3 Å². The first kappa shape index (κ1) is 20.9. The van der Waals surface area contributed by atoms with Crippen LogP contribution >= 0.6 is 11.6 Å². The fraction of sp³-hybridized carbons (Fsp3) is 0.261. The van der Waals surface area contributed by atoms with E-state index in [1.807, 2.05) is 42.5 Å². The van der Waals surface area contributed by atoms with Crippen LogP contribution in [0.5, 0.6) is 0 Å². The lowest BCUT2D eigenvalue weighted by Gasteiger charge is -2.36. The Morgan fingerprint density at radius 1 is 1.23 bits per heavy atom. The number of fused-ring (bicyclic) bond motifs is 1. The highest BCUT2D eigenvalue weighted by Crippen LogP contribution is 2.33. The molecule has 2 heterocycles. The number of carbonyl (C=O) groups is 2. The number of imidazole rings is 1. The molecule has 0 radical (unpaired) electrons. The maximum absolute atomic E-state index is 13.3. The van der Waals surface area contributed by atoms with Crippen LogP contribution in [0.1, 0.15) is 28.6 Å². The number of nitrogens with one attached hydrogen (secondary N) is 2. The maximum atomic E-state index is 13.3. The normalized spacial score (nSPS) is 16.3. The van der Waals surface area contributed by atoms with E-state index in [4.69, 9.17) is 16.3 Å². The summed E-state index contributed by atoms with van der Waals surface area (Å²) >= 11 is 6.06. The van der Waals surface area contributed by atoms with Crippen molar-refractivity contribution in [3.8, 4) is 0 Å². The van der Waals surface area contributed by atoms with E-state index in [0.29, 0.717) is 24.4 Å². The van der Waals surface area contributed by atoms with Crippen LogP contribution in [0.25, 0.3) is 0 Å². The first-order valence-electron chi connectivity index (χ1n) is 10.0. The Balaban J connectivity index is 1.60. The quantitative estimate of drug-likeness (QED) is 0.597. The van der Waals surface area contributed by atoms with Crippen LogP contribution in [0.15, 0.2) is 60.9 Å². The summed E-state index contributed by atoms with van der Waals surface area (Å²) in [7, 11) is 1.32. The van der Waals surface area contributed by atoms with Crippen LogP contribution in [0.3, 0.4) is 0 Å². The number of H-pyrrole nitrogens is 1. The molecule has 2 amide bonds. The number of halogens is 1. The van der Waals surface area contributed by atoms with Crippen molar-refractivity contribution in [3.05, 3.63) is 88.5 Å². The summed E-state index contributed by atoms with van der Waals surface area (Å²) in [6.07, 6.45) is 2.63. The second kappa shape index (κ2) is 9.22. The van der Waals surface area contributed by atoms with Gasteiger partial charge in [-0.05, 0) is 23.3 Å². The lowest BCUT2D eigenvalue weighted by atomic mass is 9.96. The first-order valence-corrected chi connectivity index (χ1v) is 10.4. The third-order valence-corrected chi connectivity index (χ3v) is 5.69. The van der Waals surface area contributed by atoms with E-state index in [1.165, 1.54) is 7.11 Å². The molecule has 0 saturated heterocycles. The fourth-order valence-electron chi connectivity index (χ4n) is 3.90. The number of hydrogen-bond donors (Lipinski definition) is 2. The molecule has 0 aliphatic carbocycles. The minimum absolute atomic E-state index is 0.340. The average molecular weight is 439 g/mol. The predicted molar refractivity (Wildman–Crippen MR) is 117 cm³/mol. The third-order valence-electron chi connectivity index (χ3n) is 5.44. The Labute approximate surface area is 185 Å². The van der Waals surface area contributed by atoms with Crippen LogP contribution in [0.4, 0.5) is 4.79 Å². The van der Waals surface area contributed by atoms with Gasteiger partial charge in [0.2, 0.25) is 0 Å². The second-order valence-electron chi connectivity index (χ2n) is 7.38. The van der Waals surface area contributed by atoms with E-state index >= 15 is 0 Å². The number of urea groups is 1. The van der Waals surface area contributed by atoms with Gasteiger partial charge in [-0.2, -0.15) is 0 Å². The summed E-state index contributed by atoms with van der Waals surface area (Å²) in [5.74, 6) is -0.488. The van der Waals surface area contributed by atoms with Crippen molar-refractivity contribution in [2.75, 3.05) is 13.7 Å². The number of rotatable bonds is 5. The van der Waals surface area contributed by atoms with Crippen LogP contribution in [-0.2, 0) is 22.4 Å². The van der Waals surface area contributed by atoms with Crippen molar-refractivity contribution in [2.45, 2.75) is 24.9 Å². The number of methoxy groups -OCH3 is 1. The number of amides is 2. The summed E-state index contributed by atoms with van der Waals surface area (Å²) in [4.78, 5) is 35.1. The highest BCUT2D eigenvalue weighted by atomic mass is 35.5. The average Bonchev–Trinajstić information content (AvgIpc) is 3.27. The number of ether oxygens (including phenoxy) is 1. The van der Waals surface area contributed by atoms with Crippen molar-refractivity contribution < 1.29 is 14.3 Å². The molecule has 1 aromatic heterocycles. The summed E-state index contributed by atoms with van der Waals surface area (Å²) in [5.41, 5.74) is 3.62. The summed E-state index contributed by atoms with van der Waals surface area (Å²) in [6.45, 7) is 0.480. The fourth-order valence-corrected chi connectivity index (χ4v) is 4.02. The SMILES string of the molecule is COC(=O)[C@H](Cc1ccccc1)NC(=O)N1CCc2[nH]cnc2C1c1ccc(Cl)cc1. The van der Waals surface area contributed by atoms with Crippen molar-refractivity contribution in [3.63, 3.8) is 0 Å². The zero-order valence-electron chi connectivity index (χ0n) is 17.0. The molecule has 2 N–H and O–H groups in total. The molecule has 8 heteroatoms. The van der Waals surface area contributed by atoms with Gasteiger partial charge in [-0.25, -0.2) is 14.6 Å². The number of nitrogens with zero attached hydrogens (tertiary/aromatic N) is 2. The summed E-state index contributed by atoms with van der Waals surface area (Å²) < 4.78 is 4.94. The van der Waals surface area contributed by atoms with Gasteiger partial charge in [0.25, 0.3) is 0 Å².